The number of esters is 2. The van der Waals surface area contributed by atoms with Gasteiger partial charge in [-0.05, 0) is 67.9 Å². The third-order valence-corrected chi connectivity index (χ3v) is 8.79. The number of phenols is 2. The highest BCUT2D eigenvalue weighted by Crippen LogP contribution is 2.41. The zero-order valence-electron chi connectivity index (χ0n) is 32.8. The van der Waals surface area contributed by atoms with Gasteiger partial charge in [0, 0.05) is 27.1 Å². The molecule has 2 aromatic rings. The molecule has 0 spiro atoms. The molecule has 2 N–H and O–H groups in total. The molecule has 0 radical (unpaired) electrons. The van der Waals surface area contributed by atoms with E-state index >= 15 is 0 Å². The van der Waals surface area contributed by atoms with Crippen molar-refractivity contribution in [2.24, 2.45) is 5.41 Å². The molecule has 0 fully saturated rings. The first kappa shape index (κ1) is 42.1. The second kappa shape index (κ2) is 16.3. The number of hydrogen-bond donors (Lipinski definition) is 2. The van der Waals surface area contributed by atoms with Crippen LogP contribution in [0.15, 0.2) is 24.3 Å². The van der Waals surface area contributed by atoms with Crippen LogP contribution in [0.25, 0.3) is 0 Å². The van der Waals surface area contributed by atoms with Crippen molar-refractivity contribution in [2.45, 2.75) is 130 Å². The topological polar surface area (TPSA) is 112 Å². The summed E-state index contributed by atoms with van der Waals surface area (Å²) >= 11 is 0. The van der Waals surface area contributed by atoms with Crippen LogP contribution in [0, 0.1) is 5.41 Å². The molecule has 8 heteroatoms. The third kappa shape index (κ3) is 12.0. The Kier molecular flexibility index (Phi) is 14.0. The van der Waals surface area contributed by atoms with Gasteiger partial charge < -0.3 is 29.2 Å². The van der Waals surface area contributed by atoms with Crippen LogP contribution >= 0.6 is 0 Å². The van der Waals surface area contributed by atoms with Gasteiger partial charge >= 0.3 is 11.9 Å². The van der Waals surface area contributed by atoms with Crippen molar-refractivity contribution in [1.29, 1.82) is 0 Å². The number of carbonyl (C=O) groups excluding carboxylic acids is 2. The van der Waals surface area contributed by atoms with Crippen molar-refractivity contribution in [3.63, 3.8) is 0 Å². The highest BCUT2D eigenvalue weighted by atomic mass is 16.6. The molecule has 0 aromatic heterocycles. The molecule has 276 valence electrons. The van der Waals surface area contributed by atoms with Gasteiger partial charge in [0.1, 0.15) is 24.7 Å². The fraction of sp³-hybridized carbons (Fsp3) is 0.659. The second-order valence-electron chi connectivity index (χ2n) is 17.8. The maximum atomic E-state index is 13.0. The molecule has 0 amide bonds. The molecular weight excluding hydrogens is 620 g/mol. The highest BCUT2D eigenvalue weighted by molar-refractivity contribution is 5.70. The number of aryl methyl sites for hydroxylation is 2. The van der Waals surface area contributed by atoms with E-state index in [9.17, 15) is 19.8 Å². The van der Waals surface area contributed by atoms with Gasteiger partial charge in [0.2, 0.25) is 0 Å². The molecule has 2 rings (SSSR count). The van der Waals surface area contributed by atoms with E-state index in [1.165, 1.54) is 0 Å². The van der Waals surface area contributed by atoms with E-state index in [4.69, 9.17) is 18.9 Å². The first-order chi connectivity index (χ1) is 22.3. The van der Waals surface area contributed by atoms with Gasteiger partial charge in [-0.25, -0.2) is 0 Å². The van der Waals surface area contributed by atoms with Gasteiger partial charge in [-0.2, -0.15) is 0 Å². The van der Waals surface area contributed by atoms with Crippen LogP contribution in [0.1, 0.15) is 129 Å². The summed E-state index contributed by atoms with van der Waals surface area (Å²) < 4.78 is 22.5. The van der Waals surface area contributed by atoms with Crippen LogP contribution in [0.5, 0.6) is 11.5 Å². The van der Waals surface area contributed by atoms with Crippen molar-refractivity contribution in [2.75, 3.05) is 40.6 Å². The van der Waals surface area contributed by atoms with E-state index in [-0.39, 0.29) is 72.9 Å². The van der Waals surface area contributed by atoms with Crippen molar-refractivity contribution in [3.05, 3.63) is 57.6 Å². The Hall–Kier alpha value is -3.10. The fourth-order valence-corrected chi connectivity index (χ4v) is 5.93. The summed E-state index contributed by atoms with van der Waals surface area (Å²) in [6, 6.07) is 7.90. The molecule has 0 saturated carbocycles. The molecule has 0 aliphatic rings. The smallest absolute Gasteiger partial charge is 0.306 e. The number of carbonyl (C=O) groups is 2. The Morgan fingerprint density at radius 1 is 0.510 bits per heavy atom. The summed E-state index contributed by atoms with van der Waals surface area (Å²) in [5.41, 5.74) is 3.33. The lowest BCUT2D eigenvalue weighted by atomic mass is 9.78. The zero-order chi connectivity index (χ0) is 37.6. The summed E-state index contributed by atoms with van der Waals surface area (Å²) in [6.07, 6.45) is 1.20. The molecule has 0 saturated heterocycles. The Morgan fingerprint density at radius 2 is 0.776 bits per heavy atom. The summed E-state index contributed by atoms with van der Waals surface area (Å²) in [5.74, 6) is -0.168. The minimum Gasteiger partial charge on any atom is -0.507 e. The van der Waals surface area contributed by atoms with Crippen molar-refractivity contribution < 1.29 is 38.7 Å². The van der Waals surface area contributed by atoms with Crippen LogP contribution in [0.2, 0.25) is 0 Å². The van der Waals surface area contributed by atoms with Crippen LogP contribution < -0.4 is 0 Å². The van der Waals surface area contributed by atoms with Crippen LogP contribution in [-0.2, 0) is 63.0 Å². The second-order valence-corrected chi connectivity index (χ2v) is 17.8. The number of rotatable bonds is 14. The molecule has 8 nitrogen and oxygen atoms in total. The summed E-state index contributed by atoms with van der Waals surface area (Å²) in [4.78, 5) is 26.1. The minimum atomic E-state index is -0.885. The number of benzene rings is 2. The van der Waals surface area contributed by atoms with Crippen LogP contribution in [0.3, 0.4) is 0 Å². The number of phenolic OH excluding ortho intramolecular Hbond substituents is 2. The molecular formula is C41H64O8. The molecule has 0 heterocycles. The summed E-state index contributed by atoms with van der Waals surface area (Å²) in [6.45, 7) is 24.9. The van der Waals surface area contributed by atoms with Crippen molar-refractivity contribution in [3.8, 4) is 11.5 Å². The van der Waals surface area contributed by atoms with E-state index < -0.39 is 5.41 Å². The van der Waals surface area contributed by atoms with Crippen molar-refractivity contribution >= 4 is 11.9 Å². The number of aromatic hydroxyl groups is 2. The lowest BCUT2D eigenvalue weighted by Gasteiger charge is -2.31. The molecule has 0 atom stereocenters. The highest BCUT2D eigenvalue weighted by Gasteiger charge is 2.35. The predicted octanol–water partition coefficient (Wildman–Crippen LogP) is 8.22. The standard InChI is InChI=1S/C41H64O8/c1-37(2,3)29-19-27(20-30(35(29)44)38(4,5)6)15-17-33(42)48-25-41(23-46-13,24-47-14)26-49-34(43)18-16-28-21-31(39(7,8)9)36(45)32(22-28)40(10,11)12/h19-22,44-45H,15-18,23-26H2,1-14H3. The molecule has 0 aliphatic heterocycles. The third-order valence-electron chi connectivity index (χ3n) is 8.79. The van der Waals surface area contributed by atoms with Gasteiger partial charge in [0.25, 0.3) is 0 Å². The Balaban J connectivity index is 2.13. The molecule has 0 bridgehead atoms. The van der Waals surface area contributed by atoms with Gasteiger partial charge in [0.15, 0.2) is 0 Å². The number of hydrogen-bond acceptors (Lipinski definition) is 8. The van der Waals surface area contributed by atoms with Crippen LogP contribution in [0.4, 0.5) is 0 Å². The first-order valence-corrected chi connectivity index (χ1v) is 17.4. The minimum absolute atomic E-state index is 0.0430. The van der Waals surface area contributed by atoms with E-state index in [0.717, 1.165) is 33.4 Å². The van der Waals surface area contributed by atoms with E-state index in [2.05, 4.69) is 83.1 Å². The maximum absolute atomic E-state index is 13.0. The Bertz CT molecular complexity index is 1250. The van der Waals surface area contributed by atoms with Gasteiger partial charge in [-0.3, -0.25) is 9.59 Å². The average molecular weight is 685 g/mol. The molecule has 49 heavy (non-hydrogen) atoms. The number of ether oxygens (including phenoxy) is 4. The van der Waals surface area contributed by atoms with E-state index in [1.54, 1.807) is 14.2 Å². The lowest BCUT2D eigenvalue weighted by Crippen LogP contribution is -2.42. The molecule has 0 aliphatic carbocycles. The van der Waals surface area contributed by atoms with Gasteiger partial charge in [-0.15, -0.1) is 0 Å². The summed E-state index contributed by atoms with van der Waals surface area (Å²) in [5, 5.41) is 22.1. The zero-order valence-corrected chi connectivity index (χ0v) is 32.8. The van der Waals surface area contributed by atoms with Gasteiger partial charge in [-0.1, -0.05) is 107 Å². The molecule has 2 aromatic carbocycles. The SMILES string of the molecule is COCC(COC)(COC(=O)CCc1cc(C(C)(C)C)c(O)c(C(C)(C)C)c1)COC(=O)CCc1cc(C(C)(C)C)c(O)c(C(C)(C)C)c1. The van der Waals surface area contributed by atoms with Gasteiger partial charge in [0.05, 0.1) is 18.6 Å². The summed E-state index contributed by atoms with van der Waals surface area (Å²) in [7, 11) is 3.09. The maximum Gasteiger partial charge on any atom is 0.306 e. The van der Waals surface area contributed by atoms with E-state index in [1.807, 2.05) is 24.3 Å². The lowest BCUT2D eigenvalue weighted by molar-refractivity contribution is -0.160. The first-order valence-electron chi connectivity index (χ1n) is 17.4. The van der Waals surface area contributed by atoms with E-state index in [0.29, 0.717) is 24.3 Å². The van der Waals surface area contributed by atoms with Crippen molar-refractivity contribution in [1.82, 2.24) is 0 Å². The normalized spacial score (nSPS) is 13.0. The largest absolute Gasteiger partial charge is 0.507 e. The number of methoxy groups -OCH3 is 2. The predicted molar refractivity (Wildman–Crippen MR) is 196 cm³/mol. The Morgan fingerprint density at radius 3 is 1.00 bits per heavy atom. The monoisotopic (exact) mass is 684 g/mol. The Labute approximate surface area is 295 Å². The fourth-order valence-electron chi connectivity index (χ4n) is 5.93. The quantitative estimate of drug-likeness (QED) is 0.192. The molecule has 0 unspecified atom stereocenters. The van der Waals surface area contributed by atoms with Crippen LogP contribution in [-0.4, -0.2) is 62.8 Å². The average Bonchev–Trinajstić information content (AvgIpc) is 2.95.